The van der Waals surface area contributed by atoms with Crippen molar-refractivity contribution < 1.29 is 76.1 Å². The summed E-state index contributed by atoms with van der Waals surface area (Å²) in [6.07, 6.45) is 2.67. The standard InChI is InChI=1S/C92H60N4O16/c97-79(111-77-41-65(37-39-93-77)103-49-67-51-105-67)47-95-89(99)69-43-73(107-61-29-21-57(22-30-61)53-13-5-1-6-14-53)83-84-74(108-62-31-23-58(24-32-62)54-15-7-2-8-16-54)44-71-82-72(92(102)96(91(71)101)48-80(98)112-78-42-66(38-40-94-78)104-50-68-52-106-68)46-76(110-64-35-27-60(28-36-64)56-19-11-4-12-20-56)86(88(82)84)85-75(45-70(90(95)100)81(69)87(83)85)109-63-33-25-59(26-34-63)55-17-9-3-10-18-55/h1-46,67-68H,47-52H2. The van der Waals surface area contributed by atoms with E-state index in [9.17, 15) is 9.59 Å². The second-order valence-electron chi connectivity index (χ2n) is 27.2. The molecule has 2 saturated heterocycles. The summed E-state index contributed by atoms with van der Waals surface area (Å²) in [7, 11) is 0. The number of hydrogen-bond acceptors (Lipinski definition) is 18. The Hall–Kier alpha value is -14.6. The maximum absolute atomic E-state index is 16.1. The first-order valence-corrected chi connectivity index (χ1v) is 36.2. The number of pyridine rings is 2. The zero-order valence-corrected chi connectivity index (χ0v) is 59.3. The van der Waals surface area contributed by atoms with Gasteiger partial charge in [0.05, 0.1) is 35.5 Å². The summed E-state index contributed by atoms with van der Waals surface area (Å²) in [6, 6.07) is 80.6. The molecular weight excluding hydrogens is 1420 g/mol. The molecule has 544 valence electrons. The van der Waals surface area contributed by atoms with E-state index in [4.69, 9.17) is 47.4 Å². The molecule has 2 aromatic heterocycles. The van der Waals surface area contributed by atoms with Gasteiger partial charge in [-0.3, -0.25) is 29.0 Å². The van der Waals surface area contributed by atoms with Crippen molar-refractivity contribution >= 4 is 78.7 Å². The second-order valence-corrected chi connectivity index (χ2v) is 27.2. The Morgan fingerprint density at radius 1 is 0.312 bits per heavy atom. The molecule has 4 aliphatic rings. The van der Waals surface area contributed by atoms with Crippen LogP contribution in [-0.4, -0.2) is 107 Å². The van der Waals surface area contributed by atoms with Crippen molar-refractivity contribution in [1.82, 2.24) is 19.8 Å². The first kappa shape index (κ1) is 68.0. The molecule has 0 bridgehead atoms. The number of aromatic nitrogens is 2. The summed E-state index contributed by atoms with van der Waals surface area (Å²) < 4.78 is 63.1. The van der Waals surface area contributed by atoms with Crippen LogP contribution in [0.3, 0.4) is 0 Å². The number of benzene rings is 13. The van der Waals surface area contributed by atoms with E-state index < -0.39 is 48.7 Å². The molecule has 0 saturated carbocycles. The zero-order chi connectivity index (χ0) is 75.5. The van der Waals surface area contributed by atoms with Crippen LogP contribution in [0.25, 0.3) is 87.6 Å². The van der Waals surface area contributed by atoms with Crippen molar-refractivity contribution in [1.29, 1.82) is 0 Å². The molecule has 0 N–H and O–H groups in total. The summed E-state index contributed by atoms with van der Waals surface area (Å²) in [5.41, 5.74) is 6.88. The number of carbonyl (C=O) groups excluding carboxylic acids is 6. The van der Waals surface area contributed by atoms with Gasteiger partial charge in [-0.1, -0.05) is 170 Å². The predicted molar refractivity (Wildman–Crippen MR) is 416 cm³/mol. The number of rotatable bonds is 24. The van der Waals surface area contributed by atoms with Gasteiger partial charge in [0.15, 0.2) is 0 Å². The summed E-state index contributed by atoms with van der Waals surface area (Å²) in [6.45, 7) is -0.148. The molecule has 0 spiro atoms. The number of carbonyl (C=O) groups is 6. The average Bonchev–Trinajstić information content (AvgIpc) is 0.735. The van der Waals surface area contributed by atoms with Crippen molar-refractivity contribution in [3.63, 3.8) is 0 Å². The van der Waals surface area contributed by atoms with Crippen LogP contribution in [0.1, 0.15) is 41.4 Å². The van der Waals surface area contributed by atoms with Crippen molar-refractivity contribution in [3.05, 3.63) is 302 Å². The molecule has 20 heteroatoms. The molecule has 0 radical (unpaired) electrons. The predicted octanol–water partition coefficient (Wildman–Crippen LogP) is 18.3. The van der Waals surface area contributed by atoms with Crippen LogP contribution in [0, 0.1) is 0 Å². The molecule has 4 aliphatic heterocycles. The first-order valence-electron chi connectivity index (χ1n) is 36.2. The minimum atomic E-state index is -1.01. The number of hydrogen-bond donors (Lipinski definition) is 0. The monoisotopic (exact) mass is 1480 g/mol. The molecule has 2 unspecified atom stereocenters. The summed E-state index contributed by atoms with van der Waals surface area (Å²) in [5.74, 6) is -3.93. The molecular formula is C92H60N4O16. The fourth-order valence-corrected chi connectivity index (χ4v) is 14.4. The van der Waals surface area contributed by atoms with Gasteiger partial charge in [-0.15, -0.1) is 0 Å². The molecule has 6 heterocycles. The van der Waals surface area contributed by atoms with Gasteiger partial charge in [0.25, 0.3) is 23.6 Å². The Morgan fingerprint density at radius 3 is 0.830 bits per heavy atom. The third kappa shape index (κ3) is 13.2. The molecule has 2 atom stereocenters. The van der Waals surface area contributed by atoms with E-state index in [0.717, 1.165) is 54.3 Å². The van der Waals surface area contributed by atoms with Gasteiger partial charge in [0.2, 0.25) is 11.8 Å². The summed E-state index contributed by atoms with van der Waals surface area (Å²) in [4.78, 5) is 103. The van der Waals surface area contributed by atoms with Gasteiger partial charge in [-0.2, -0.15) is 0 Å². The van der Waals surface area contributed by atoms with Crippen molar-refractivity contribution in [2.75, 3.05) is 39.5 Å². The highest BCUT2D eigenvalue weighted by atomic mass is 16.6. The Morgan fingerprint density at radius 2 is 0.571 bits per heavy atom. The largest absolute Gasteiger partial charge is 0.491 e. The van der Waals surface area contributed by atoms with Crippen LogP contribution in [0.15, 0.2) is 279 Å². The smallest absolute Gasteiger partial charge is 0.332 e. The molecule has 15 aromatic rings. The lowest BCUT2D eigenvalue weighted by molar-refractivity contribution is -0.135. The normalized spacial score (nSPS) is 14.7. The van der Waals surface area contributed by atoms with E-state index in [1.54, 1.807) is 60.7 Å². The van der Waals surface area contributed by atoms with E-state index in [2.05, 4.69) is 9.97 Å². The van der Waals surface area contributed by atoms with Crippen LogP contribution in [-0.2, 0) is 19.1 Å². The van der Waals surface area contributed by atoms with E-state index in [-0.39, 0.29) is 126 Å². The SMILES string of the molecule is O=C(CN1C(=O)c2cc(Oc3ccc(-c4ccccc4)cc3)c3c4c(Oc5ccc(-c6ccccc6)cc5)cc5c6c(cc(Oc7ccc(-c8ccccc8)cc7)c(c7c(Oc8ccc(-c9ccccc9)cc8)cc(c2c37)C1=O)c64)C(=O)N(CC(=O)Oc1cc(OCC2CO2)ccn1)C5=O)Oc1cc(OCC2CO2)ccn1. The van der Waals surface area contributed by atoms with E-state index >= 15 is 19.2 Å². The Bertz CT molecular complexity index is 5580. The van der Waals surface area contributed by atoms with E-state index in [1.165, 1.54) is 48.8 Å². The van der Waals surface area contributed by atoms with Gasteiger partial charge in [-0.25, -0.2) is 19.6 Å². The van der Waals surface area contributed by atoms with Gasteiger partial charge >= 0.3 is 11.9 Å². The third-order valence-corrected chi connectivity index (χ3v) is 19.9. The number of epoxide rings is 2. The second kappa shape index (κ2) is 28.5. The Labute approximate surface area is 638 Å². The lowest BCUT2D eigenvalue weighted by atomic mass is 9.80. The highest BCUT2D eigenvalue weighted by Gasteiger charge is 2.43. The van der Waals surface area contributed by atoms with Gasteiger partial charge in [0.1, 0.15) is 96.0 Å². The number of nitrogens with zero attached hydrogens (tertiary/aromatic N) is 4. The maximum atomic E-state index is 16.1. The number of amides is 4. The van der Waals surface area contributed by atoms with Gasteiger partial charge in [0, 0.05) is 67.6 Å². The quantitative estimate of drug-likeness (QED) is 0.0180. The maximum Gasteiger partial charge on any atom is 0.332 e. The van der Waals surface area contributed by atoms with E-state index in [1.807, 2.05) is 170 Å². The van der Waals surface area contributed by atoms with Crippen molar-refractivity contribution in [2.45, 2.75) is 12.2 Å². The van der Waals surface area contributed by atoms with Crippen LogP contribution < -0.4 is 37.9 Å². The number of ether oxygens (including phenoxy) is 10. The fourth-order valence-electron chi connectivity index (χ4n) is 14.4. The van der Waals surface area contributed by atoms with Crippen LogP contribution in [0.4, 0.5) is 0 Å². The van der Waals surface area contributed by atoms with Gasteiger partial charge < -0.3 is 47.4 Å². The molecule has 0 aliphatic carbocycles. The number of imide groups is 2. The number of fused-ring (bicyclic) bond motifs is 2. The fraction of sp³-hybridized carbons (Fsp3) is 0.0870. The van der Waals surface area contributed by atoms with Crippen LogP contribution in [0.2, 0.25) is 0 Å². The van der Waals surface area contributed by atoms with Crippen LogP contribution >= 0.6 is 0 Å². The van der Waals surface area contributed by atoms with Crippen molar-refractivity contribution in [3.8, 4) is 114 Å². The molecule has 112 heavy (non-hydrogen) atoms. The summed E-state index contributed by atoms with van der Waals surface area (Å²) >= 11 is 0. The molecule has 19 rings (SSSR count). The van der Waals surface area contributed by atoms with Crippen LogP contribution in [0.5, 0.6) is 69.3 Å². The van der Waals surface area contributed by atoms with Gasteiger partial charge in [-0.05, 0) is 129 Å². The zero-order valence-electron chi connectivity index (χ0n) is 59.3. The molecule has 4 amide bonds. The topological polar surface area (TPSA) is 234 Å². The third-order valence-electron chi connectivity index (χ3n) is 19.9. The van der Waals surface area contributed by atoms with Crippen molar-refractivity contribution in [2.24, 2.45) is 0 Å². The average molecular weight is 1480 g/mol. The minimum absolute atomic E-state index is 0.0192. The minimum Gasteiger partial charge on any atom is -0.491 e. The lowest BCUT2D eigenvalue weighted by Crippen LogP contribution is -2.44. The summed E-state index contributed by atoms with van der Waals surface area (Å²) in [5, 5.41) is 1.56. The molecule has 2 fully saturated rings. The lowest BCUT2D eigenvalue weighted by Gasteiger charge is -2.32. The molecule has 20 nitrogen and oxygen atoms in total. The number of esters is 2. The highest BCUT2D eigenvalue weighted by molar-refractivity contribution is 6.45. The first-order chi connectivity index (χ1) is 54.9. The highest BCUT2D eigenvalue weighted by Crippen LogP contribution is 2.58. The molecule has 13 aromatic carbocycles. The Balaban J connectivity index is 0.867. The Kier molecular flexibility index (Phi) is 17.3. The van der Waals surface area contributed by atoms with E-state index in [0.29, 0.717) is 47.7 Å².